The van der Waals surface area contributed by atoms with E-state index in [9.17, 15) is 4.39 Å². The Hall–Kier alpha value is -0.230. The molecule has 1 aliphatic heterocycles. The molecule has 4 atom stereocenters. The normalized spacial score (nSPS) is 45.8. The van der Waals surface area contributed by atoms with E-state index in [2.05, 4.69) is 4.74 Å². The van der Waals surface area contributed by atoms with Crippen LogP contribution in [0.2, 0.25) is 0 Å². The second-order valence-electron chi connectivity index (χ2n) is 2.58. The van der Waals surface area contributed by atoms with Crippen LogP contribution in [-0.4, -0.2) is 46.6 Å². The van der Waals surface area contributed by atoms with Gasteiger partial charge in [-0.1, -0.05) is 0 Å². The van der Waals surface area contributed by atoms with Crippen molar-refractivity contribution in [1.29, 1.82) is 0 Å². The zero-order valence-corrected chi connectivity index (χ0v) is 5.85. The molecule has 66 valence electrons. The molecule has 11 heavy (non-hydrogen) atoms. The van der Waals surface area contributed by atoms with E-state index in [0.717, 1.165) is 0 Å². The molecule has 1 aliphatic rings. The molecule has 3 N–H and O–H groups in total. The van der Waals surface area contributed by atoms with Gasteiger partial charge in [0.25, 0.3) is 0 Å². The molecule has 0 aliphatic carbocycles. The van der Waals surface area contributed by atoms with Crippen LogP contribution in [0.5, 0.6) is 0 Å². The summed E-state index contributed by atoms with van der Waals surface area (Å²) >= 11 is 0. The summed E-state index contributed by atoms with van der Waals surface area (Å²) < 4.78 is 16.6. The fourth-order valence-corrected chi connectivity index (χ4v) is 1.06. The molecule has 0 amide bonds. The van der Waals surface area contributed by atoms with Gasteiger partial charge in [0.15, 0.2) is 6.29 Å². The minimum Gasteiger partial charge on any atom is -0.390 e. The van der Waals surface area contributed by atoms with Gasteiger partial charge in [-0.2, -0.15) is 0 Å². The first kappa shape index (κ1) is 8.86. The smallest absolute Gasteiger partial charge is 0.157 e. The van der Waals surface area contributed by atoms with Gasteiger partial charge < -0.3 is 20.1 Å². The molecular formula is C6H11FO4. The summed E-state index contributed by atoms with van der Waals surface area (Å²) in [6.07, 6.45) is -4.68. The van der Waals surface area contributed by atoms with Crippen molar-refractivity contribution < 1.29 is 24.4 Å². The Morgan fingerprint density at radius 3 is 2.55 bits per heavy atom. The van der Waals surface area contributed by atoms with Crippen molar-refractivity contribution in [3.05, 3.63) is 0 Å². The Morgan fingerprint density at radius 1 is 1.36 bits per heavy atom. The molecule has 0 bridgehead atoms. The van der Waals surface area contributed by atoms with Crippen LogP contribution in [-0.2, 0) is 4.74 Å². The summed E-state index contributed by atoms with van der Waals surface area (Å²) in [6, 6.07) is 0. The molecule has 1 saturated heterocycles. The van der Waals surface area contributed by atoms with E-state index in [-0.39, 0.29) is 6.42 Å². The SMILES string of the molecule is OC1C[C@@H](O)[C@H](O)[C@@H](CF)O1. The number of halogens is 1. The van der Waals surface area contributed by atoms with Crippen LogP contribution >= 0.6 is 0 Å². The van der Waals surface area contributed by atoms with Gasteiger partial charge in [-0.15, -0.1) is 0 Å². The van der Waals surface area contributed by atoms with E-state index < -0.39 is 31.3 Å². The maximum absolute atomic E-state index is 12.0. The quantitative estimate of drug-likeness (QED) is 0.457. The highest BCUT2D eigenvalue weighted by atomic mass is 19.1. The number of aliphatic hydroxyl groups excluding tert-OH is 3. The van der Waals surface area contributed by atoms with Gasteiger partial charge in [0.2, 0.25) is 0 Å². The minimum absolute atomic E-state index is 0.0718. The molecule has 5 heteroatoms. The summed E-state index contributed by atoms with van der Waals surface area (Å²) in [6.45, 7) is -0.907. The van der Waals surface area contributed by atoms with Gasteiger partial charge in [-0.25, -0.2) is 4.39 Å². The number of ether oxygens (including phenoxy) is 1. The van der Waals surface area contributed by atoms with E-state index in [1.807, 2.05) is 0 Å². The van der Waals surface area contributed by atoms with Crippen molar-refractivity contribution in [1.82, 2.24) is 0 Å². The highest BCUT2D eigenvalue weighted by molar-refractivity contribution is 4.81. The van der Waals surface area contributed by atoms with Gasteiger partial charge in [-0.05, 0) is 0 Å². The minimum atomic E-state index is -1.23. The third-order valence-corrected chi connectivity index (χ3v) is 1.70. The molecule has 1 fully saturated rings. The maximum atomic E-state index is 12.0. The lowest BCUT2D eigenvalue weighted by Crippen LogP contribution is -2.49. The zero-order chi connectivity index (χ0) is 8.43. The lowest BCUT2D eigenvalue weighted by molar-refractivity contribution is -0.234. The summed E-state index contributed by atoms with van der Waals surface area (Å²) in [5, 5.41) is 26.9. The van der Waals surface area contributed by atoms with Crippen LogP contribution in [0, 0.1) is 0 Å². The van der Waals surface area contributed by atoms with E-state index in [1.165, 1.54) is 0 Å². The third kappa shape index (κ3) is 1.87. The highest BCUT2D eigenvalue weighted by Crippen LogP contribution is 2.18. The maximum Gasteiger partial charge on any atom is 0.157 e. The Bertz CT molecular complexity index is 132. The van der Waals surface area contributed by atoms with Gasteiger partial charge in [0, 0.05) is 6.42 Å². The molecule has 0 aromatic heterocycles. The fourth-order valence-electron chi connectivity index (χ4n) is 1.06. The van der Waals surface area contributed by atoms with Crippen molar-refractivity contribution in [2.45, 2.75) is 31.0 Å². The molecule has 0 saturated carbocycles. The van der Waals surface area contributed by atoms with Gasteiger partial charge in [0.1, 0.15) is 18.9 Å². The lowest BCUT2D eigenvalue weighted by Gasteiger charge is -2.33. The molecule has 1 rings (SSSR count). The number of hydrogen-bond acceptors (Lipinski definition) is 4. The predicted molar refractivity (Wildman–Crippen MR) is 33.5 cm³/mol. The summed E-state index contributed by atoms with van der Waals surface area (Å²) in [7, 11) is 0. The van der Waals surface area contributed by atoms with Crippen molar-refractivity contribution in [3.8, 4) is 0 Å². The lowest BCUT2D eigenvalue weighted by atomic mass is 10.0. The number of hydrogen-bond donors (Lipinski definition) is 3. The van der Waals surface area contributed by atoms with Crippen molar-refractivity contribution in [3.63, 3.8) is 0 Å². The van der Waals surface area contributed by atoms with E-state index in [4.69, 9.17) is 15.3 Å². The average molecular weight is 166 g/mol. The Labute approximate surface area is 63.2 Å². The van der Waals surface area contributed by atoms with Crippen molar-refractivity contribution >= 4 is 0 Å². The van der Waals surface area contributed by atoms with Crippen LogP contribution in [0.1, 0.15) is 6.42 Å². The highest BCUT2D eigenvalue weighted by Gasteiger charge is 2.35. The summed E-state index contributed by atoms with van der Waals surface area (Å²) in [5.74, 6) is 0. The number of aliphatic hydroxyl groups is 3. The van der Waals surface area contributed by atoms with Crippen molar-refractivity contribution in [2.24, 2.45) is 0 Å². The first-order chi connectivity index (χ1) is 5.15. The Balaban J connectivity index is 2.51. The molecule has 0 spiro atoms. The van der Waals surface area contributed by atoms with Gasteiger partial charge in [0.05, 0.1) is 6.10 Å². The molecule has 1 heterocycles. The van der Waals surface area contributed by atoms with Crippen LogP contribution in [0.25, 0.3) is 0 Å². The molecule has 1 unspecified atom stereocenters. The first-order valence-electron chi connectivity index (χ1n) is 3.40. The number of alkyl halides is 1. The van der Waals surface area contributed by atoms with Crippen LogP contribution in [0.15, 0.2) is 0 Å². The zero-order valence-electron chi connectivity index (χ0n) is 5.85. The van der Waals surface area contributed by atoms with E-state index in [1.54, 1.807) is 0 Å². The largest absolute Gasteiger partial charge is 0.390 e. The van der Waals surface area contributed by atoms with Gasteiger partial charge >= 0.3 is 0 Å². The Kier molecular flexibility index (Phi) is 2.78. The predicted octanol–water partition coefficient (Wildman–Crippen LogP) is -1.22. The molecule has 0 radical (unpaired) electrons. The first-order valence-corrected chi connectivity index (χ1v) is 3.40. The average Bonchev–Trinajstić information content (AvgIpc) is 1.96. The molecule has 0 aromatic rings. The monoisotopic (exact) mass is 166 g/mol. The van der Waals surface area contributed by atoms with E-state index >= 15 is 0 Å². The molecule has 4 nitrogen and oxygen atoms in total. The summed E-state index contributed by atoms with van der Waals surface area (Å²) in [4.78, 5) is 0. The second kappa shape index (κ2) is 3.44. The van der Waals surface area contributed by atoms with Gasteiger partial charge in [-0.3, -0.25) is 0 Å². The fraction of sp³-hybridized carbons (Fsp3) is 1.00. The molecule has 0 aromatic carbocycles. The third-order valence-electron chi connectivity index (χ3n) is 1.70. The summed E-state index contributed by atoms with van der Waals surface area (Å²) in [5.41, 5.74) is 0. The van der Waals surface area contributed by atoms with E-state index in [0.29, 0.717) is 0 Å². The standard InChI is InChI=1S/C6H11FO4/c7-2-4-6(10)3(8)1-5(9)11-4/h3-6,8-10H,1-2H2/t3-,4-,5?,6+/m1/s1. The topological polar surface area (TPSA) is 69.9 Å². The molecular weight excluding hydrogens is 155 g/mol. The van der Waals surface area contributed by atoms with Crippen LogP contribution in [0.3, 0.4) is 0 Å². The number of rotatable bonds is 1. The second-order valence-corrected chi connectivity index (χ2v) is 2.58. The van der Waals surface area contributed by atoms with Crippen LogP contribution < -0.4 is 0 Å². The van der Waals surface area contributed by atoms with Crippen LogP contribution in [0.4, 0.5) is 4.39 Å². The van der Waals surface area contributed by atoms with Crippen molar-refractivity contribution in [2.75, 3.05) is 6.67 Å². The Morgan fingerprint density at radius 2 is 2.00 bits per heavy atom.